The summed E-state index contributed by atoms with van der Waals surface area (Å²) in [5, 5.41) is 6.45. The zero-order valence-corrected chi connectivity index (χ0v) is 21.0. The Hall–Kier alpha value is -1.43. The molecule has 2 fully saturated rings. The quantitative estimate of drug-likeness (QED) is 0.277. The van der Waals surface area contributed by atoms with Gasteiger partial charge in [-0.3, -0.25) is 4.90 Å². The number of nitrogens with one attached hydrogen (secondary N) is 2. The van der Waals surface area contributed by atoms with Crippen molar-refractivity contribution in [3.63, 3.8) is 0 Å². The largest absolute Gasteiger partial charge is 0.493 e. The molecule has 1 unspecified atom stereocenters. The van der Waals surface area contributed by atoms with Crippen molar-refractivity contribution >= 4 is 29.9 Å². The third kappa shape index (κ3) is 8.49. The minimum atomic E-state index is -4.17. The fourth-order valence-electron chi connectivity index (χ4n) is 4.13. The van der Waals surface area contributed by atoms with E-state index in [-0.39, 0.29) is 36.1 Å². The fourth-order valence-corrected chi connectivity index (χ4v) is 4.13. The van der Waals surface area contributed by atoms with Gasteiger partial charge in [0.05, 0.1) is 26.3 Å². The monoisotopic (exact) mass is 570 g/mol. The molecule has 1 heterocycles. The number of halogens is 4. The molecule has 10 heteroatoms. The van der Waals surface area contributed by atoms with Crippen LogP contribution in [0.25, 0.3) is 0 Å². The van der Waals surface area contributed by atoms with Crippen molar-refractivity contribution in [2.75, 3.05) is 33.3 Å². The maximum absolute atomic E-state index is 12.6. The van der Waals surface area contributed by atoms with Crippen molar-refractivity contribution in [1.29, 1.82) is 0 Å². The van der Waals surface area contributed by atoms with Gasteiger partial charge in [0.25, 0.3) is 0 Å². The van der Waals surface area contributed by atoms with Crippen molar-refractivity contribution in [2.45, 2.75) is 63.9 Å². The Morgan fingerprint density at radius 2 is 1.94 bits per heavy atom. The average Bonchev–Trinajstić information content (AvgIpc) is 3.37. The number of rotatable bonds is 8. The van der Waals surface area contributed by atoms with Crippen molar-refractivity contribution < 1.29 is 22.6 Å². The molecule has 3 rings (SSSR count). The molecule has 0 amide bonds. The Balaban J connectivity index is 0.00000363. The lowest BCUT2D eigenvalue weighted by Gasteiger charge is -2.20. The van der Waals surface area contributed by atoms with Crippen LogP contribution in [0, 0.1) is 0 Å². The molecule has 0 radical (unpaired) electrons. The normalized spacial score (nSPS) is 20.2. The smallest absolute Gasteiger partial charge is 0.401 e. The van der Waals surface area contributed by atoms with E-state index in [9.17, 15) is 13.2 Å². The summed E-state index contributed by atoms with van der Waals surface area (Å²) in [7, 11) is 1.63. The van der Waals surface area contributed by atoms with Crippen molar-refractivity contribution in [3.05, 3.63) is 23.8 Å². The molecule has 1 saturated carbocycles. The van der Waals surface area contributed by atoms with Gasteiger partial charge in [-0.15, -0.1) is 24.0 Å². The Kier molecular flexibility index (Phi) is 10.7. The highest BCUT2D eigenvalue weighted by molar-refractivity contribution is 14.0. The molecule has 1 atom stereocenters. The van der Waals surface area contributed by atoms with E-state index < -0.39 is 12.7 Å². The second-order valence-electron chi connectivity index (χ2n) is 8.18. The summed E-state index contributed by atoms with van der Waals surface area (Å²) in [6.45, 7) is 2.97. The summed E-state index contributed by atoms with van der Waals surface area (Å²) in [5.41, 5.74) is 0.983. The van der Waals surface area contributed by atoms with E-state index in [1.54, 1.807) is 7.11 Å². The van der Waals surface area contributed by atoms with Crippen LogP contribution in [-0.4, -0.2) is 62.5 Å². The first-order chi connectivity index (χ1) is 14.9. The maximum Gasteiger partial charge on any atom is 0.401 e. The summed E-state index contributed by atoms with van der Waals surface area (Å²) in [5.74, 6) is 2.05. The lowest BCUT2D eigenvalue weighted by molar-refractivity contribution is -0.143. The Morgan fingerprint density at radius 1 is 1.19 bits per heavy atom. The van der Waals surface area contributed by atoms with Crippen LogP contribution in [0.1, 0.15) is 44.6 Å². The minimum absolute atomic E-state index is 0. The lowest BCUT2D eigenvalue weighted by atomic mass is 10.2. The second-order valence-corrected chi connectivity index (χ2v) is 8.18. The number of guanidine groups is 1. The molecule has 1 aliphatic heterocycles. The second kappa shape index (κ2) is 12.7. The highest BCUT2D eigenvalue weighted by Gasteiger charge is 2.34. The maximum atomic E-state index is 12.6. The topological polar surface area (TPSA) is 58.1 Å². The number of nitrogens with zero attached hydrogens (tertiary/aromatic N) is 2. The van der Waals surface area contributed by atoms with Gasteiger partial charge in [-0.1, -0.05) is 6.07 Å². The summed E-state index contributed by atoms with van der Waals surface area (Å²) >= 11 is 0. The van der Waals surface area contributed by atoms with Gasteiger partial charge < -0.3 is 20.1 Å². The molecule has 0 spiro atoms. The van der Waals surface area contributed by atoms with Crippen LogP contribution in [0.2, 0.25) is 0 Å². The third-order valence-corrected chi connectivity index (χ3v) is 5.60. The number of methoxy groups -OCH3 is 1. The SMILES string of the molecule is CCNC(=NCc1ccc(OC)c(OC2CCCC2)c1)NC1CCN(CC(F)(F)F)C1.I. The van der Waals surface area contributed by atoms with Gasteiger partial charge in [-0.25, -0.2) is 4.99 Å². The minimum Gasteiger partial charge on any atom is -0.493 e. The summed E-state index contributed by atoms with van der Waals surface area (Å²) < 4.78 is 49.5. The first-order valence-corrected chi connectivity index (χ1v) is 11.0. The molecular formula is C22H34F3IN4O2. The lowest BCUT2D eigenvalue weighted by Crippen LogP contribution is -2.45. The molecule has 1 aromatic rings. The van der Waals surface area contributed by atoms with Crippen LogP contribution in [0.3, 0.4) is 0 Å². The first kappa shape index (κ1) is 26.8. The van der Waals surface area contributed by atoms with Crippen molar-refractivity contribution in [3.8, 4) is 11.5 Å². The molecule has 2 aliphatic rings. The van der Waals surface area contributed by atoms with Crippen molar-refractivity contribution in [1.82, 2.24) is 15.5 Å². The highest BCUT2D eigenvalue weighted by atomic mass is 127. The average molecular weight is 570 g/mol. The molecule has 1 saturated heterocycles. The van der Waals surface area contributed by atoms with Gasteiger partial charge in [-0.05, 0) is 56.7 Å². The summed E-state index contributed by atoms with van der Waals surface area (Å²) in [4.78, 5) is 6.06. The number of hydrogen-bond donors (Lipinski definition) is 2. The van der Waals surface area contributed by atoms with Crippen LogP contribution in [0.15, 0.2) is 23.2 Å². The summed E-state index contributed by atoms with van der Waals surface area (Å²) in [6, 6.07) is 5.75. The molecule has 2 N–H and O–H groups in total. The number of alkyl halides is 3. The van der Waals surface area contributed by atoms with Crippen LogP contribution in [0.5, 0.6) is 11.5 Å². The van der Waals surface area contributed by atoms with E-state index in [0.29, 0.717) is 44.3 Å². The number of likely N-dealkylation sites (tertiary alicyclic amines) is 1. The van der Waals surface area contributed by atoms with Crippen LogP contribution in [0.4, 0.5) is 13.2 Å². The van der Waals surface area contributed by atoms with Gasteiger partial charge in [0.1, 0.15) is 0 Å². The van der Waals surface area contributed by atoms with Gasteiger partial charge in [0.2, 0.25) is 0 Å². The molecule has 182 valence electrons. The van der Waals surface area contributed by atoms with E-state index in [1.165, 1.54) is 17.7 Å². The molecule has 32 heavy (non-hydrogen) atoms. The van der Waals surface area contributed by atoms with E-state index in [0.717, 1.165) is 24.2 Å². The van der Waals surface area contributed by atoms with Crippen molar-refractivity contribution in [2.24, 2.45) is 4.99 Å². The Morgan fingerprint density at radius 3 is 2.59 bits per heavy atom. The van der Waals surface area contributed by atoms with Gasteiger partial charge >= 0.3 is 6.18 Å². The zero-order chi connectivity index (χ0) is 22.3. The molecule has 1 aromatic carbocycles. The Bertz CT molecular complexity index is 742. The third-order valence-electron chi connectivity index (χ3n) is 5.60. The number of aliphatic imine (C=N–C) groups is 1. The number of benzene rings is 1. The summed E-state index contributed by atoms with van der Waals surface area (Å²) in [6.07, 6.45) is 1.22. The van der Waals surface area contributed by atoms with E-state index >= 15 is 0 Å². The predicted molar refractivity (Wildman–Crippen MR) is 130 cm³/mol. The van der Waals surface area contributed by atoms with Gasteiger partial charge in [-0.2, -0.15) is 13.2 Å². The van der Waals surface area contributed by atoms with Gasteiger partial charge in [0.15, 0.2) is 17.5 Å². The van der Waals surface area contributed by atoms with Gasteiger partial charge in [0, 0.05) is 25.7 Å². The molecule has 0 aromatic heterocycles. The molecular weight excluding hydrogens is 536 g/mol. The number of hydrogen-bond acceptors (Lipinski definition) is 4. The van der Waals surface area contributed by atoms with E-state index in [1.807, 2.05) is 25.1 Å². The molecule has 1 aliphatic carbocycles. The zero-order valence-electron chi connectivity index (χ0n) is 18.7. The Labute approximate surface area is 205 Å². The van der Waals surface area contributed by atoms with Crippen LogP contribution < -0.4 is 20.1 Å². The molecule has 0 bridgehead atoms. The number of ether oxygens (including phenoxy) is 2. The van der Waals surface area contributed by atoms with Crippen LogP contribution >= 0.6 is 24.0 Å². The van der Waals surface area contributed by atoms with Crippen LogP contribution in [-0.2, 0) is 6.54 Å². The molecule has 6 nitrogen and oxygen atoms in total. The standard InChI is InChI=1S/C22H33F3N4O2.HI/c1-3-26-21(28-17-10-11-29(14-17)15-22(23,24)25)27-13-16-8-9-19(30-2)20(12-16)31-18-6-4-5-7-18;/h8-9,12,17-18H,3-7,10-11,13-15H2,1-2H3,(H2,26,27,28);1H. The first-order valence-electron chi connectivity index (χ1n) is 11.0. The highest BCUT2D eigenvalue weighted by Crippen LogP contribution is 2.32. The predicted octanol–water partition coefficient (Wildman–Crippen LogP) is 4.33. The van der Waals surface area contributed by atoms with E-state index in [4.69, 9.17) is 9.47 Å². The van der Waals surface area contributed by atoms with E-state index in [2.05, 4.69) is 15.6 Å². The fraction of sp³-hybridized carbons (Fsp3) is 0.682.